The molecule has 1 amide bonds. The molecule has 27 heavy (non-hydrogen) atoms. The van der Waals surface area contributed by atoms with Crippen LogP contribution in [0.25, 0.3) is 0 Å². The number of aryl methyl sites for hydroxylation is 1. The van der Waals surface area contributed by atoms with Crippen LogP contribution < -0.4 is 4.90 Å². The zero-order valence-corrected chi connectivity index (χ0v) is 15.3. The number of phenols is 1. The summed E-state index contributed by atoms with van der Waals surface area (Å²) in [6.45, 7) is 4.14. The number of oxazole rings is 1. The first kappa shape index (κ1) is 17.4. The fraction of sp³-hybridized carbons (Fsp3) is 0.450. The number of nitrogens with zero attached hydrogens (tertiary/aromatic N) is 4. The standard InChI is InChI=1S/C20H22N4O3/c1-2-13-3-6-17(25)15(11-13)19(26)23-7-9-24(10-8-23)20-16(12-21)22-18(27-20)14-4-5-14/h3,6,11,14,25H,2,4-5,7-10H2,1H3. The van der Waals surface area contributed by atoms with Gasteiger partial charge in [0.25, 0.3) is 5.91 Å². The smallest absolute Gasteiger partial charge is 0.257 e. The average Bonchev–Trinajstić information content (AvgIpc) is 3.47. The van der Waals surface area contributed by atoms with Gasteiger partial charge < -0.3 is 19.3 Å². The Morgan fingerprint density at radius 2 is 2.07 bits per heavy atom. The van der Waals surface area contributed by atoms with Gasteiger partial charge in [-0.2, -0.15) is 5.26 Å². The monoisotopic (exact) mass is 366 g/mol. The van der Waals surface area contributed by atoms with Gasteiger partial charge in [0.15, 0.2) is 0 Å². The van der Waals surface area contributed by atoms with Crippen LogP contribution in [0.4, 0.5) is 5.88 Å². The van der Waals surface area contributed by atoms with E-state index < -0.39 is 0 Å². The van der Waals surface area contributed by atoms with E-state index in [0.29, 0.717) is 55.1 Å². The number of hydrogen-bond acceptors (Lipinski definition) is 6. The summed E-state index contributed by atoms with van der Waals surface area (Å²) >= 11 is 0. The van der Waals surface area contributed by atoms with Gasteiger partial charge in [-0.15, -0.1) is 0 Å². The Hall–Kier alpha value is -3.01. The van der Waals surface area contributed by atoms with Crippen molar-refractivity contribution in [1.29, 1.82) is 5.26 Å². The molecule has 1 saturated heterocycles. The summed E-state index contributed by atoms with van der Waals surface area (Å²) in [6, 6.07) is 7.28. The number of carbonyl (C=O) groups is 1. The first-order chi connectivity index (χ1) is 13.1. The van der Waals surface area contributed by atoms with E-state index in [0.717, 1.165) is 24.8 Å². The summed E-state index contributed by atoms with van der Waals surface area (Å²) < 4.78 is 5.85. The van der Waals surface area contributed by atoms with Crippen molar-refractivity contribution in [2.75, 3.05) is 31.1 Å². The van der Waals surface area contributed by atoms with Gasteiger partial charge in [-0.25, -0.2) is 4.98 Å². The molecule has 1 N–H and O–H groups in total. The second kappa shape index (κ2) is 6.95. The van der Waals surface area contributed by atoms with Crippen molar-refractivity contribution in [1.82, 2.24) is 9.88 Å². The van der Waals surface area contributed by atoms with E-state index >= 15 is 0 Å². The average molecular weight is 366 g/mol. The first-order valence-electron chi connectivity index (χ1n) is 9.37. The normalized spacial score (nSPS) is 17.0. The topological polar surface area (TPSA) is 93.6 Å². The predicted molar refractivity (Wildman–Crippen MR) is 98.8 cm³/mol. The molecular weight excluding hydrogens is 344 g/mol. The maximum Gasteiger partial charge on any atom is 0.257 e. The molecule has 0 unspecified atom stereocenters. The maximum atomic E-state index is 12.8. The molecule has 1 aromatic carbocycles. The van der Waals surface area contributed by atoms with Gasteiger partial charge in [0.2, 0.25) is 17.5 Å². The van der Waals surface area contributed by atoms with E-state index in [-0.39, 0.29) is 11.7 Å². The number of anilines is 1. The molecule has 7 heteroatoms. The van der Waals surface area contributed by atoms with E-state index in [1.807, 2.05) is 17.9 Å². The van der Waals surface area contributed by atoms with E-state index in [1.54, 1.807) is 17.0 Å². The number of hydrogen-bond donors (Lipinski definition) is 1. The van der Waals surface area contributed by atoms with E-state index in [4.69, 9.17) is 4.42 Å². The molecule has 7 nitrogen and oxygen atoms in total. The molecule has 0 bridgehead atoms. The molecule has 2 aliphatic rings. The van der Waals surface area contributed by atoms with Gasteiger partial charge in [0, 0.05) is 32.1 Å². The third kappa shape index (κ3) is 3.35. The molecule has 1 aromatic heterocycles. The van der Waals surface area contributed by atoms with Crippen LogP contribution in [-0.4, -0.2) is 47.1 Å². The molecule has 140 valence electrons. The van der Waals surface area contributed by atoms with Crippen molar-refractivity contribution in [3.05, 3.63) is 40.9 Å². The predicted octanol–water partition coefficient (Wildman–Crippen LogP) is 2.65. The number of carbonyl (C=O) groups excluding carboxylic acids is 1. The number of nitriles is 1. The second-order valence-electron chi connectivity index (χ2n) is 7.08. The molecule has 0 atom stereocenters. The highest BCUT2D eigenvalue weighted by Gasteiger charge is 2.33. The van der Waals surface area contributed by atoms with Gasteiger partial charge in [0.1, 0.15) is 11.8 Å². The Morgan fingerprint density at radius 3 is 2.70 bits per heavy atom. The molecule has 0 radical (unpaired) electrons. The highest BCUT2D eigenvalue weighted by molar-refractivity contribution is 5.97. The van der Waals surface area contributed by atoms with Gasteiger partial charge in [-0.1, -0.05) is 13.0 Å². The summed E-state index contributed by atoms with van der Waals surface area (Å²) in [5.41, 5.74) is 1.68. The van der Waals surface area contributed by atoms with Crippen LogP contribution in [-0.2, 0) is 6.42 Å². The molecule has 0 spiro atoms. The molecule has 1 saturated carbocycles. The fourth-order valence-corrected chi connectivity index (χ4v) is 3.38. The zero-order valence-electron chi connectivity index (χ0n) is 15.3. The summed E-state index contributed by atoms with van der Waals surface area (Å²) in [5.74, 6) is 1.36. The van der Waals surface area contributed by atoms with Crippen molar-refractivity contribution in [2.24, 2.45) is 0 Å². The van der Waals surface area contributed by atoms with Crippen LogP contribution in [0.15, 0.2) is 22.6 Å². The Morgan fingerprint density at radius 1 is 1.33 bits per heavy atom. The summed E-state index contributed by atoms with van der Waals surface area (Å²) in [5, 5.41) is 19.4. The number of aromatic nitrogens is 1. The first-order valence-corrected chi connectivity index (χ1v) is 9.37. The fourth-order valence-electron chi connectivity index (χ4n) is 3.38. The summed E-state index contributed by atoms with van der Waals surface area (Å²) in [4.78, 5) is 20.8. The maximum absolute atomic E-state index is 12.8. The van der Waals surface area contributed by atoms with Crippen LogP contribution >= 0.6 is 0 Å². The number of rotatable bonds is 4. The molecule has 2 aromatic rings. The van der Waals surface area contributed by atoms with Crippen molar-refractivity contribution in [2.45, 2.75) is 32.1 Å². The van der Waals surface area contributed by atoms with E-state index in [2.05, 4.69) is 11.1 Å². The van der Waals surface area contributed by atoms with Gasteiger partial charge in [0.05, 0.1) is 5.56 Å². The molecule has 2 fully saturated rings. The quantitative estimate of drug-likeness (QED) is 0.894. The minimum Gasteiger partial charge on any atom is -0.507 e. The van der Waals surface area contributed by atoms with Crippen molar-refractivity contribution in [3.8, 4) is 11.8 Å². The summed E-state index contributed by atoms with van der Waals surface area (Å²) in [6.07, 6.45) is 2.93. The van der Waals surface area contributed by atoms with Gasteiger partial charge in [-0.05, 0) is 37.0 Å². The minimum absolute atomic E-state index is 0.00991. The number of piperazine rings is 1. The third-order valence-electron chi connectivity index (χ3n) is 5.21. The molecule has 4 rings (SSSR count). The van der Waals surface area contributed by atoms with Gasteiger partial charge >= 0.3 is 0 Å². The number of benzene rings is 1. The molecular formula is C20H22N4O3. The van der Waals surface area contributed by atoms with Crippen molar-refractivity contribution >= 4 is 11.8 Å². The van der Waals surface area contributed by atoms with Crippen LogP contribution in [0.2, 0.25) is 0 Å². The van der Waals surface area contributed by atoms with Crippen LogP contribution in [0, 0.1) is 11.3 Å². The van der Waals surface area contributed by atoms with Crippen molar-refractivity contribution < 1.29 is 14.3 Å². The van der Waals surface area contributed by atoms with Crippen LogP contribution in [0.1, 0.15) is 53.2 Å². The highest BCUT2D eigenvalue weighted by atomic mass is 16.4. The Bertz CT molecular complexity index is 902. The minimum atomic E-state index is -0.167. The Balaban J connectivity index is 1.46. The van der Waals surface area contributed by atoms with Crippen LogP contribution in [0.3, 0.4) is 0 Å². The molecule has 1 aliphatic carbocycles. The van der Waals surface area contributed by atoms with E-state index in [1.165, 1.54) is 0 Å². The summed E-state index contributed by atoms with van der Waals surface area (Å²) in [7, 11) is 0. The lowest BCUT2D eigenvalue weighted by Gasteiger charge is -2.34. The Labute approximate surface area is 157 Å². The number of amides is 1. The van der Waals surface area contributed by atoms with E-state index in [9.17, 15) is 15.2 Å². The van der Waals surface area contributed by atoms with Crippen LogP contribution in [0.5, 0.6) is 5.75 Å². The van der Waals surface area contributed by atoms with Crippen molar-refractivity contribution in [3.63, 3.8) is 0 Å². The lowest BCUT2D eigenvalue weighted by Crippen LogP contribution is -2.49. The lowest BCUT2D eigenvalue weighted by molar-refractivity contribution is 0.0742. The third-order valence-corrected chi connectivity index (χ3v) is 5.21. The number of phenolic OH excluding ortho intramolecular Hbond substituents is 1. The largest absolute Gasteiger partial charge is 0.507 e. The molecule has 2 heterocycles. The molecule has 1 aliphatic heterocycles. The second-order valence-corrected chi connectivity index (χ2v) is 7.08. The Kier molecular flexibility index (Phi) is 4.48. The number of aromatic hydroxyl groups is 1. The lowest BCUT2D eigenvalue weighted by atomic mass is 10.1. The van der Waals surface area contributed by atoms with Gasteiger partial charge in [-0.3, -0.25) is 4.79 Å². The SMILES string of the molecule is CCc1ccc(O)c(C(=O)N2CCN(c3oc(C4CC4)nc3C#N)CC2)c1. The highest BCUT2D eigenvalue weighted by Crippen LogP contribution is 2.41. The zero-order chi connectivity index (χ0) is 19.0.